The van der Waals surface area contributed by atoms with Crippen molar-refractivity contribution in [2.75, 3.05) is 50.8 Å². The Morgan fingerprint density at radius 1 is 1.32 bits per heavy atom. The summed E-state index contributed by atoms with van der Waals surface area (Å²) in [6.07, 6.45) is 2.06. The molecule has 1 atom stereocenters. The number of fused-ring (bicyclic) bond motifs is 1. The predicted octanol–water partition coefficient (Wildman–Crippen LogP) is 1.00. The lowest BCUT2D eigenvalue weighted by molar-refractivity contribution is 0.0388. The molecule has 5 heteroatoms. The van der Waals surface area contributed by atoms with Gasteiger partial charge < -0.3 is 14.4 Å². The molecule has 0 amide bonds. The molecule has 3 heterocycles. The van der Waals surface area contributed by atoms with Crippen LogP contribution in [-0.2, 0) is 4.74 Å². The van der Waals surface area contributed by atoms with E-state index in [1.165, 1.54) is 0 Å². The van der Waals surface area contributed by atoms with Crippen molar-refractivity contribution in [1.29, 1.82) is 0 Å². The molecule has 5 nitrogen and oxygen atoms in total. The first-order valence-electron chi connectivity index (χ1n) is 6.99. The van der Waals surface area contributed by atoms with Gasteiger partial charge in [0.05, 0.1) is 19.8 Å². The van der Waals surface area contributed by atoms with Crippen molar-refractivity contribution in [3.8, 4) is 5.75 Å². The predicted molar refractivity (Wildman–Crippen MR) is 73.8 cm³/mol. The molecule has 3 rings (SSSR count). The standard InChI is InChI=1S/C14H21N3O2/c1-12-11-17(6-5-16-7-9-18-10-8-16)14-13(19-12)3-2-4-15-14/h2-4,12H,5-11H2,1H3. The maximum atomic E-state index is 5.82. The van der Waals surface area contributed by atoms with Crippen LogP contribution >= 0.6 is 0 Å². The van der Waals surface area contributed by atoms with Gasteiger partial charge in [-0.3, -0.25) is 4.90 Å². The summed E-state index contributed by atoms with van der Waals surface area (Å²) in [5.74, 6) is 1.89. The zero-order chi connectivity index (χ0) is 13.1. The Hall–Kier alpha value is -1.33. The quantitative estimate of drug-likeness (QED) is 0.813. The van der Waals surface area contributed by atoms with E-state index in [9.17, 15) is 0 Å². The van der Waals surface area contributed by atoms with E-state index in [2.05, 4.69) is 21.7 Å². The van der Waals surface area contributed by atoms with Gasteiger partial charge in [-0.05, 0) is 19.1 Å². The van der Waals surface area contributed by atoms with Crippen molar-refractivity contribution in [3.05, 3.63) is 18.3 Å². The molecule has 0 aliphatic carbocycles. The van der Waals surface area contributed by atoms with Gasteiger partial charge in [0, 0.05) is 32.4 Å². The molecule has 2 aliphatic rings. The van der Waals surface area contributed by atoms with Gasteiger partial charge in [-0.25, -0.2) is 4.98 Å². The van der Waals surface area contributed by atoms with Gasteiger partial charge in [0.1, 0.15) is 6.10 Å². The van der Waals surface area contributed by atoms with Crippen molar-refractivity contribution >= 4 is 5.82 Å². The third-order valence-corrected chi connectivity index (χ3v) is 3.65. The smallest absolute Gasteiger partial charge is 0.171 e. The Kier molecular flexibility index (Phi) is 3.84. The summed E-state index contributed by atoms with van der Waals surface area (Å²) in [6, 6.07) is 3.93. The molecule has 0 N–H and O–H groups in total. The lowest BCUT2D eigenvalue weighted by Gasteiger charge is -2.35. The molecule has 1 saturated heterocycles. The van der Waals surface area contributed by atoms with E-state index in [1.54, 1.807) is 0 Å². The molecule has 0 aromatic carbocycles. The van der Waals surface area contributed by atoms with Gasteiger partial charge in [0.2, 0.25) is 0 Å². The summed E-state index contributed by atoms with van der Waals surface area (Å²) in [5, 5.41) is 0. The highest BCUT2D eigenvalue weighted by atomic mass is 16.5. The Balaban J connectivity index is 1.64. The van der Waals surface area contributed by atoms with Gasteiger partial charge in [0.25, 0.3) is 0 Å². The van der Waals surface area contributed by atoms with Crippen LogP contribution in [0.4, 0.5) is 5.82 Å². The van der Waals surface area contributed by atoms with E-state index in [-0.39, 0.29) is 6.10 Å². The fourth-order valence-electron chi connectivity index (χ4n) is 2.65. The average molecular weight is 263 g/mol. The molecule has 1 aromatic heterocycles. The molecule has 0 bridgehead atoms. The SMILES string of the molecule is CC1CN(CCN2CCOCC2)c2ncccc2O1. The third kappa shape index (κ3) is 2.98. The highest BCUT2D eigenvalue weighted by Gasteiger charge is 2.24. The molecule has 104 valence electrons. The molecule has 1 unspecified atom stereocenters. The summed E-state index contributed by atoms with van der Waals surface area (Å²) in [6.45, 7) is 8.86. The van der Waals surface area contributed by atoms with Crippen molar-refractivity contribution in [2.24, 2.45) is 0 Å². The lowest BCUT2D eigenvalue weighted by atomic mass is 10.2. The maximum Gasteiger partial charge on any atom is 0.171 e. The van der Waals surface area contributed by atoms with E-state index < -0.39 is 0 Å². The van der Waals surface area contributed by atoms with Crippen LogP contribution in [0.25, 0.3) is 0 Å². The number of aromatic nitrogens is 1. The summed E-state index contributed by atoms with van der Waals surface area (Å²) in [5.41, 5.74) is 0. The van der Waals surface area contributed by atoms with Crippen LogP contribution in [0.1, 0.15) is 6.92 Å². The van der Waals surface area contributed by atoms with Crippen LogP contribution in [0.5, 0.6) is 5.75 Å². The number of rotatable bonds is 3. The monoisotopic (exact) mass is 263 g/mol. The van der Waals surface area contributed by atoms with Crippen molar-refractivity contribution in [1.82, 2.24) is 9.88 Å². The van der Waals surface area contributed by atoms with Gasteiger partial charge in [-0.1, -0.05) is 0 Å². The van der Waals surface area contributed by atoms with Crippen LogP contribution in [0, 0.1) is 0 Å². The summed E-state index contributed by atoms with van der Waals surface area (Å²) in [7, 11) is 0. The molecule has 0 spiro atoms. The summed E-state index contributed by atoms with van der Waals surface area (Å²) < 4.78 is 11.2. The van der Waals surface area contributed by atoms with E-state index in [0.29, 0.717) is 0 Å². The van der Waals surface area contributed by atoms with Crippen LogP contribution < -0.4 is 9.64 Å². The van der Waals surface area contributed by atoms with E-state index in [0.717, 1.165) is 57.5 Å². The van der Waals surface area contributed by atoms with Crippen LogP contribution in [0.2, 0.25) is 0 Å². The van der Waals surface area contributed by atoms with Crippen LogP contribution in [0.15, 0.2) is 18.3 Å². The fraction of sp³-hybridized carbons (Fsp3) is 0.643. The number of hydrogen-bond acceptors (Lipinski definition) is 5. The first kappa shape index (κ1) is 12.7. The second-order valence-electron chi connectivity index (χ2n) is 5.15. The van der Waals surface area contributed by atoms with Gasteiger partial charge in [-0.15, -0.1) is 0 Å². The largest absolute Gasteiger partial charge is 0.485 e. The minimum Gasteiger partial charge on any atom is -0.485 e. The zero-order valence-corrected chi connectivity index (χ0v) is 11.4. The minimum absolute atomic E-state index is 0.224. The van der Waals surface area contributed by atoms with Crippen molar-refractivity contribution < 1.29 is 9.47 Å². The Bertz CT molecular complexity index is 421. The molecular formula is C14H21N3O2. The number of hydrogen-bond donors (Lipinski definition) is 0. The number of ether oxygens (including phenoxy) is 2. The topological polar surface area (TPSA) is 37.8 Å². The van der Waals surface area contributed by atoms with Crippen LogP contribution in [-0.4, -0.2) is 61.9 Å². The van der Waals surface area contributed by atoms with Crippen molar-refractivity contribution in [3.63, 3.8) is 0 Å². The maximum absolute atomic E-state index is 5.82. The Labute approximate surface area is 114 Å². The molecule has 19 heavy (non-hydrogen) atoms. The highest BCUT2D eigenvalue weighted by Crippen LogP contribution is 2.30. The van der Waals surface area contributed by atoms with Crippen LogP contribution in [0.3, 0.4) is 0 Å². The lowest BCUT2D eigenvalue weighted by Crippen LogP contribution is -2.45. The molecule has 2 aliphatic heterocycles. The second-order valence-corrected chi connectivity index (χ2v) is 5.15. The minimum atomic E-state index is 0.224. The molecule has 0 radical (unpaired) electrons. The van der Waals surface area contributed by atoms with Crippen molar-refractivity contribution in [2.45, 2.75) is 13.0 Å². The first-order chi connectivity index (χ1) is 9.33. The second kappa shape index (κ2) is 5.75. The number of anilines is 1. The summed E-state index contributed by atoms with van der Waals surface area (Å²) >= 11 is 0. The first-order valence-corrected chi connectivity index (χ1v) is 6.99. The van der Waals surface area contributed by atoms with E-state index >= 15 is 0 Å². The average Bonchev–Trinajstić information content (AvgIpc) is 2.45. The molecule has 1 fully saturated rings. The third-order valence-electron chi connectivity index (χ3n) is 3.65. The fourth-order valence-corrected chi connectivity index (χ4v) is 2.65. The Morgan fingerprint density at radius 3 is 3.00 bits per heavy atom. The number of nitrogens with zero attached hydrogens (tertiary/aromatic N) is 3. The normalized spacial score (nSPS) is 23.8. The van der Waals surface area contributed by atoms with Gasteiger partial charge >= 0.3 is 0 Å². The highest BCUT2D eigenvalue weighted by molar-refractivity contribution is 5.53. The van der Waals surface area contributed by atoms with Gasteiger partial charge in [-0.2, -0.15) is 0 Å². The Morgan fingerprint density at radius 2 is 2.16 bits per heavy atom. The van der Waals surface area contributed by atoms with E-state index in [4.69, 9.17) is 9.47 Å². The van der Waals surface area contributed by atoms with E-state index in [1.807, 2.05) is 18.3 Å². The zero-order valence-electron chi connectivity index (χ0n) is 11.4. The van der Waals surface area contributed by atoms with Gasteiger partial charge in [0.15, 0.2) is 11.6 Å². The molecule has 0 saturated carbocycles. The number of pyridine rings is 1. The summed E-state index contributed by atoms with van der Waals surface area (Å²) in [4.78, 5) is 9.24. The number of morpholine rings is 1. The molecular weight excluding hydrogens is 242 g/mol. The molecule has 1 aromatic rings.